The Morgan fingerprint density at radius 3 is 2.68 bits per heavy atom. The predicted octanol–water partition coefficient (Wildman–Crippen LogP) is 2.36. The first-order chi connectivity index (χ1) is 10.2. The topological polar surface area (TPSA) is 84.9 Å². The molecule has 2 atom stereocenters. The number of aliphatic carboxylic acids is 1. The molecule has 120 valence electrons. The highest BCUT2D eigenvalue weighted by molar-refractivity contribution is 5.80. The van der Waals surface area contributed by atoms with E-state index < -0.39 is 23.7 Å². The first-order valence-electron chi connectivity index (χ1n) is 7.21. The molecule has 2 N–H and O–H groups in total. The van der Waals surface area contributed by atoms with Crippen molar-refractivity contribution in [2.24, 2.45) is 0 Å². The van der Waals surface area contributed by atoms with Crippen LogP contribution in [0.5, 0.6) is 5.75 Å². The predicted molar refractivity (Wildman–Crippen MR) is 80.0 cm³/mol. The van der Waals surface area contributed by atoms with Crippen molar-refractivity contribution in [3.63, 3.8) is 0 Å². The van der Waals surface area contributed by atoms with Crippen LogP contribution in [0.15, 0.2) is 24.3 Å². The molecule has 0 saturated carbocycles. The molecule has 0 aliphatic carbocycles. The van der Waals surface area contributed by atoms with Gasteiger partial charge in [0.05, 0.1) is 0 Å². The fraction of sp³-hybridized carbons (Fsp3) is 0.500. The van der Waals surface area contributed by atoms with Crippen LogP contribution in [0.3, 0.4) is 0 Å². The molecular formula is C16H21NO5. The molecule has 0 aromatic heterocycles. The summed E-state index contributed by atoms with van der Waals surface area (Å²) in [7, 11) is 0. The third-order valence-corrected chi connectivity index (χ3v) is 3.20. The fourth-order valence-electron chi connectivity index (χ4n) is 2.32. The second-order valence-electron chi connectivity index (χ2n) is 6.32. The smallest absolute Gasteiger partial charge is 0.408 e. The first-order valence-corrected chi connectivity index (χ1v) is 7.21. The molecule has 1 aromatic carbocycles. The second-order valence-corrected chi connectivity index (χ2v) is 6.32. The monoisotopic (exact) mass is 307 g/mol. The summed E-state index contributed by atoms with van der Waals surface area (Å²) in [5.41, 5.74) is 0.377. The van der Waals surface area contributed by atoms with Crippen LogP contribution in [0, 0.1) is 0 Å². The number of hydrogen-bond acceptors (Lipinski definition) is 4. The lowest BCUT2D eigenvalue weighted by molar-refractivity contribution is -0.140. The number of carbonyl (C=O) groups excluding carboxylic acids is 1. The van der Waals surface area contributed by atoms with Crippen LogP contribution in [-0.4, -0.2) is 34.9 Å². The van der Waals surface area contributed by atoms with Gasteiger partial charge in [-0.15, -0.1) is 0 Å². The van der Waals surface area contributed by atoms with Gasteiger partial charge in [0, 0.05) is 12.8 Å². The molecule has 1 heterocycles. The van der Waals surface area contributed by atoms with E-state index in [0.29, 0.717) is 6.42 Å². The number of rotatable bonds is 4. The molecule has 0 spiro atoms. The molecule has 6 nitrogen and oxygen atoms in total. The minimum Gasteiger partial charge on any atom is -0.490 e. The van der Waals surface area contributed by atoms with Crippen LogP contribution >= 0.6 is 0 Å². The van der Waals surface area contributed by atoms with Gasteiger partial charge in [0.15, 0.2) is 0 Å². The minimum atomic E-state index is -1.11. The van der Waals surface area contributed by atoms with Crippen molar-refractivity contribution in [1.29, 1.82) is 0 Å². The van der Waals surface area contributed by atoms with Crippen molar-refractivity contribution < 1.29 is 24.2 Å². The van der Waals surface area contributed by atoms with Gasteiger partial charge in [0.2, 0.25) is 0 Å². The Labute approximate surface area is 129 Å². The molecule has 2 rings (SSSR count). The van der Waals surface area contributed by atoms with Gasteiger partial charge >= 0.3 is 12.1 Å². The summed E-state index contributed by atoms with van der Waals surface area (Å²) in [5.74, 6) is -0.334. The highest BCUT2D eigenvalue weighted by atomic mass is 16.6. The van der Waals surface area contributed by atoms with E-state index in [2.05, 4.69) is 5.32 Å². The molecule has 0 saturated heterocycles. The molecular weight excluding hydrogens is 286 g/mol. The van der Waals surface area contributed by atoms with Gasteiger partial charge in [0.25, 0.3) is 0 Å². The van der Waals surface area contributed by atoms with Gasteiger partial charge < -0.3 is 19.9 Å². The Bertz CT molecular complexity index is 539. The molecule has 1 aliphatic rings. The van der Waals surface area contributed by atoms with E-state index in [-0.39, 0.29) is 12.5 Å². The van der Waals surface area contributed by atoms with Crippen molar-refractivity contribution in [3.05, 3.63) is 29.8 Å². The van der Waals surface area contributed by atoms with Gasteiger partial charge in [-0.25, -0.2) is 9.59 Å². The summed E-state index contributed by atoms with van der Waals surface area (Å²) in [6, 6.07) is 6.54. The number of nitrogens with one attached hydrogen (secondary N) is 1. The number of hydrogen-bond donors (Lipinski definition) is 2. The van der Waals surface area contributed by atoms with Gasteiger partial charge in [-0.1, -0.05) is 18.2 Å². The summed E-state index contributed by atoms with van der Waals surface area (Å²) in [4.78, 5) is 23.1. The van der Waals surface area contributed by atoms with Crippen molar-refractivity contribution in [3.8, 4) is 5.75 Å². The van der Waals surface area contributed by atoms with Gasteiger partial charge in [0.1, 0.15) is 23.5 Å². The highest BCUT2D eigenvalue weighted by Crippen LogP contribution is 2.30. The van der Waals surface area contributed by atoms with Crippen LogP contribution < -0.4 is 10.1 Å². The molecule has 6 heteroatoms. The van der Waals surface area contributed by atoms with Crippen LogP contribution in [0.1, 0.15) is 32.8 Å². The largest absolute Gasteiger partial charge is 0.490 e. The van der Waals surface area contributed by atoms with Crippen LogP contribution in [0.4, 0.5) is 4.79 Å². The number of amides is 1. The lowest BCUT2D eigenvalue weighted by Crippen LogP contribution is -2.45. The lowest BCUT2D eigenvalue weighted by atomic mass is 10.0. The van der Waals surface area contributed by atoms with E-state index in [1.54, 1.807) is 20.8 Å². The Hall–Kier alpha value is -2.24. The normalized spacial score (nSPS) is 18.0. The summed E-state index contributed by atoms with van der Waals surface area (Å²) < 4.78 is 10.8. The van der Waals surface area contributed by atoms with Gasteiger partial charge in [-0.3, -0.25) is 0 Å². The fourth-order valence-corrected chi connectivity index (χ4v) is 2.32. The maximum Gasteiger partial charge on any atom is 0.408 e. The molecule has 1 aromatic rings. The molecule has 1 aliphatic heterocycles. The average Bonchev–Trinajstić information content (AvgIpc) is 2.77. The number of alkyl carbamates (subject to hydrolysis) is 1. The highest BCUT2D eigenvalue weighted by Gasteiger charge is 2.31. The maximum atomic E-state index is 11.7. The Morgan fingerprint density at radius 1 is 1.41 bits per heavy atom. The summed E-state index contributed by atoms with van der Waals surface area (Å²) >= 11 is 0. The van der Waals surface area contributed by atoms with Gasteiger partial charge in [-0.05, 0) is 32.4 Å². The summed E-state index contributed by atoms with van der Waals surface area (Å²) in [5, 5.41) is 11.7. The zero-order chi connectivity index (χ0) is 16.3. The summed E-state index contributed by atoms with van der Waals surface area (Å²) in [6.45, 7) is 5.16. The van der Waals surface area contributed by atoms with E-state index in [4.69, 9.17) is 9.47 Å². The standard InChI is InChI=1S/C16H21NO5/c1-16(2,3)22-15(20)17-12(14(18)19)9-11-8-10-6-4-5-7-13(10)21-11/h4-7,11-12H,8-9H2,1-3H3,(H,17,20)(H,18,19). The molecule has 0 fully saturated rings. The summed E-state index contributed by atoms with van der Waals surface area (Å²) in [6.07, 6.45) is -0.192. The third-order valence-electron chi connectivity index (χ3n) is 3.20. The number of ether oxygens (including phenoxy) is 2. The number of carboxylic acid groups (broad SMARTS) is 1. The molecule has 0 bridgehead atoms. The van der Waals surface area contributed by atoms with E-state index in [1.165, 1.54) is 0 Å². The van der Waals surface area contributed by atoms with Crippen molar-refractivity contribution in [2.75, 3.05) is 0 Å². The SMILES string of the molecule is CC(C)(C)OC(=O)NC(CC1Cc2ccccc2O1)C(=O)O. The zero-order valence-electron chi connectivity index (χ0n) is 13.0. The van der Waals surface area contributed by atoms with Crippen LogP contribution in [0.25, 0.3) is 0 Å². The number of para-hydroxylation sites is 1. The average molecular weight is 307 g/mol. The van der Waals surface area contributed by atoms with E-state index in [1.807, 2.05) is 24.3 Å². The molecule has 0 radical (unpaired) electrons. The Morgan fingerprint density at radius 2 is 2.09 bits per heavy atom. The molecule has 22 heavy (non-hydrogen) atoms. The van der Waals surface area contributed by atoms with Crippen molar-refractivity contribution in [1.82, 2.24) is 5.32 Å². The lowest BCUT2D eigenvalue weighted by Gasteiger charge is -2.23. The quantitative estimate of drug-likeness (QED) is 0.892. The van der Waals surface area contributed by atoms with Gasteiger partial charge in [-0.2, -0.15) is 0 Å². The number of fused-ring (bicyclic) bond motifs is 1. The second kappa shape index (κ2) is 6.25. The van der Waals surface area contributed by atoms with Crippen molar-refractivity contribution >= 4 is 12.1 Å². The van der Waals surface area contributed by atoms with Crippen LogP contribution in [-0.2, 0) is 16.0 Å². The van der Waals surface area contributed by atoms with E-state index in [0.717, 1.165) is 11.3 Å². The molecule has 1 amide bonds. The Kier molecular flexibility index (Phi) is 4.59. The van der Waals surface area contributed by atoms with Crippen molar-refractivity contribution in [2.45, 2.75) is 51.4 Å². The number of carbonyl (C=O) groups is 2. The van der Waals surface area contributed by atoms with Crippen LogP contribution in [0.2, 0.25) is 0 Å². The van der Waals surface area contributed by atoms with E-state index in [9.17, 15) is 14.7 Å². The number of benzene rings is 1. The zero-order valence-corrected chi connectivity index (χ0v) is 13.0. The third kappa shape index (κ3) is 4.38. The number of carboxylic acids is 1. The Balaban J connectivity index is 1.94. The maximum absolute atomic E-state index is 11.7. The first kappa shape index (κ1) is 16.1. The molecule has 2 unspecified atom stereocenters. The minimum absolute atomic E-state index is 0.184. The van der Waals surface area contributed by atoms with E-state index >= 15 is 0 Å².